The molecule has 2 rings (SSSR count). The maximum atomic E-state index is 12.3. The number of hydrogen-bond donors (Lipinski definition) is 1. The van der Waals surface area contributed by atoms with E-state index in [9.17, 15) is 13.2 Å². The van der Waals surface area contributed by atoms with Gasteiger partial charge in [-0.3, -0.25) is 4.79 Å². The van der Waals surface area contributed by atoms with E-state index in [0.29, 0.717) is 18.0 Å². The molecule has 0 saturated carbocycles. The summed E-state index contributed by atoms with van der Waals surface area (Å²) in [6.07, 6.45) is -0.218. The molecule has 2 heterocycles. The van der Waals surface area contributed by atoms with Gasteiger partial charge in [0.05, 0.1) is 22.8 Å². The number of rotatable bonds is 5. The number of ether oxygens (including phenoxy) is 1. The molecule has 0 aliphatic carbocycles. The van der Waals surface area contributed by atoms with Gasteiger partial charge in [0.25, 0.3) is 5.91 Å². The van der Waals surface area contributed by atoms with Gasteiger partial charge in [-0.05, 0) is 32.9 Å². The molecule has 2 atom stereocenters. The van der Waals surface area contributed by atoms with Gasteiger partial charge < -0.3 is 10.1 Å². The Bertz CT molecular complexity index is 617. The van der Waals surface area contributed by atoms with Crippen molar-refractivity contribution in [1.29, 1.82) is 0 Å². The second kappa shape index (κ2) is 7.08. The Labute approximate surface area is 135 Å². The number of hydrogen-bond acceptors (Lipinski definition) is 5. The average molecular weight is 346 g/mol. The van der Waals surface area contributed by atoms with Crippen molar-refractivity contribution in [3.8, 4) is 0 Å². The Kier molecular flexibility index (Phi) is 5.60. The van der Waals surface area contributed by atoms with Crippen molar-refractivity contribution >= 4 is 27.3 Å². The molecule has 1 aliphatic rings. The summed E-state index contributed by atoms with van der Waals surface area (Å²) in [5.41, 5.74) is 0. The van der Waals surface area contributed by atoms with Crippen LogP contribution in [0.3, 0.4) is 0 Å². The van der Waals surface area contributed by atoms with Crippen molar-refractivity contribution in [2.75, 3.05) is 25.4 Å². The van der Waals surface area contributed by atoms with Gasteiger partial charge >= 0.3 is 0 Å². The minimum Gasteiger partial charge on any atom is -0.373 e. The summed E-state index contributed by atoms with van der Waals surface area (Å²) in [5.74, 6) is -0.320. The van der Waals surface area contributed by atoms with Crippen molar-refractivity contribution in [2.45, 2.75) is 33.0 Å². The van der Waals surface area contributed by atoms with E-state index >= 15 is 0 Å². The zero-order valence-electron chi connectivity index (χ0n) is 13.0. The third-order valence-corrected chi connectivity index (χ3v) is 6.19. The maximum absolute atomic E-state index is 12.3. The van der Waals surface area contributed by atoms with E-state index in [-0.39, 0.29) is 30.4 Å². The smallest absolute Gasteiger partial charge is 0.261 e. The molecule has 22 heavy (non-hydrogen) atoms. The standard InChI is InChI=1S/C14H22N2O4S2/c1-10-8-16(9-11(2)20-10)22(18,19)7-6-15-14(17)13-5-4-12(3)21-13/h4-5,10-11H,6-9H2,1-3H3,(H,15,17)/t10-,11-/m1/s1. The van der Waals surface area contributed by atoms with E-state index < -0.39 is 10.0 Å². The van der Waals surface area contributed by atoms with Crippen molar-refractivity contribution in [3.63, 3.8) is 0 Å². The molecular weight excluding hydrogens is 324 g/mol. The maximum Gasteiger partial charge on any atom is 0.261 e. The molecule has 6 nitrogen and oxygen atoms in total. The van der Waals surface area contributed by atoms with Crippen LogP contribution in [0.15, 0.2) is 12.1 Å². The lowest BCUT2D eigenvalue weighted by atomic mass is 10.3. The first-order valence-electron chi connectivity index (χ1n) is 7.26. The first-order valence-corrected chi connectivity index (χ1v) is 9.68. The van der Waals surface area contributed by atoms with Crippen LogP contribution in [0.2, 0.25) is 0 Å². The summed E-state index contributed by atoms with van der Waals surface area (Å²) in [6, 6.07) is 3.61. The van der Waals surface area contributed by atoms with Crippen molar-refractivity contribution in [3.05, 3.63) is 21.9 Å². The fraction of sp³-hybridized carbons (Fsp3) is 0.643. The quantitative estimate of drug-likeness (QED) is 0.870. The highest BCUT2D eigenvalue weighted by Crippen LogP contribution is 2.16. The summed E-state index contributed by atoms with van der Waals surface area (Å²) in [5, 5.41) is 2.66. The molecule has 0 spiro atoms. The zero-order chi connectivity index (χ0) is 16.3. The molecular formula is C14H22N2O4S2. The molecule has 1 aromatic rings. The number of sulfonamides is 1. The highest BCUT2D eigenvalue weighted by Gasteiger charge is 2.30. The van der Waals surface area contributed by atoms with Crippen molar-refractivity contribution in [2.24, 2.45) is 0 Å². The topological polar surface area (TPSA) is 75.7 Å². The molecule has 8 heteroatoms. The van der Waals surface area contributed by atoms with Crippen LogP contribution in [0, 0.1) is 6.92 Å². The molecule has 0 aromatic carbocycles. The zero-order valence-corrected chi connectivity index (χ0v) is 14.7. The second-order valence-electron chi connectivity index (χ2n) is 5.56. The van der Waals surface area contributed by atoms with Crippen LogP contribution in [0.25, 0.3) is 0 Å². The van der Waals surface area contributed by atoms with Gasteiger partial charge in [0.2, 0.25) is 10.0 Å². The van der Waals surface area contributed by atoms with Crippen molar-refractivity contribution < 1.29 is 17.9 Å². The monoisotopic (exact) mass is 346 g/mol. The lowest BCUT2D eigenvalue weighted by Crippen LogP contribution is -2.49. The Morgan fingerprint density at radius 2 is 2.00 bits per heavy atom. The molecule has 1 saturated heterocycles. The summed E-state index contributed by atoms with van der Waals surface area (Å²) < 4.78 is 31.6. The van der Waals surface area contributed by atoms with E-state index in [4.69, 9.17) is 4.74 Å². The van der Waals surface area contributed by atoms with Crippen LogP contribution in [-0.4, -0.2) is 56.2 Å². The molecule has 1 N–H and O–H groups in total. The van der Waals surface area contributed by atoms with E-state index in [1.54, 1.807) is 6.07 Å². The third kappa shape index (κ3) is 4.52. The minimum atomic E-state index is -3.38. The minimum absolute atomic E-state index is 0.0947. The fourth-order valence-electron chi connectivity index (χ4n) is 2.42. The molecule has 124 valence electrons. The van der Waals surface area contributed by atoms with Gasteiger partial charge in [-0.15, -0.1) is 11.3 Å². The van der Waals surface area contributed by atoms with E-state index in [0.717, 1.165) is 4.88 Å². The summed E-state index contributed by atoms with van der Waals surface area (Å²) in [4.78, 5) is 13.5. The number of nitrogens with zero attached hydrogens (tertiary/aromatic N) is 1. The SMILES string of the molecule is Cc1ccc(C(=O)NCCS(=O)(=O)N2C[C@@H](C)O[C@H](C)C2)s1. The van der Waals surface area contributed by atoms with Gasteiger partial charge in [0.15, 0.2) is 0 Å². The van der Waals surface area contributed by atoms with Crippen LogP contribution in [0.1, 0.15) is 28.4 Å². The number of aryl methyl sites for hydroxylation is 1. The predicted molar refractivity (Wildman–Crippen MR) is 86.8 cm³/mol. The Balaban J connectivity index is 1.86. The Morgan fingerprint density at radius 3 is 2.55 bits per heavy atom. The Morgan fingerprint density at radius 1 is 1.36 bits per heavy atom. The highest BCUT2D eigenvalue weighted by molar-refractivity contribution is 7.89. The normalized spacial score (nSPS) is 23.4. The van der Waals surface area contributed by atoms with Gasteiger partial charge in [-0.1, -0.05) is 0 Å². The first kappa shape index (κ1) is 17.4. The third-order valence-electron chi connectivity index (χ3n) is 3.39. The van der Waals surface area contributed by atoms with E-state index in [2.05, 4.69) is 5.32 Å². The molecule has 0 bridgehead atoms. The lowest BCUT2D eigenvalue weighted by Gasteiger charge is -2.34. The highest BCUT2D eigenvalue weighted by atomic mass is 32.2. The summed E-state index contributed by atoms with van der Waals surface area (Å²) in [7, 11) is -3.38. The number of carbonyl (C=O) groups is 1. The van der Waals surface area contributed by atoms with E-state index in [1.165, 1.54) is 15.6 Å². The largest absolute Gasteiger partial charge is 0.373 e. The van der Waals surface area contributed by atoms with Gasteiger partial charge in [0, 0.05) is 24.5 Å². The van der Waals surface area contributed by atoms with Gasteiger partial charge in [-0.25, -0.2) is 8.42 Å². The van der Waals surface area contributed by atoms with Crippen LogP contribution in [-0.2, 0) is 14.8 Å². The average Bonchev–Trinajstić information content (AvgIpc) is 2.84. The molecule has 1 aromatic heterocycles. The van der Waals surface area contributed by atoms with Crippen LogP contribution < -0.4 is 5.32 Å². The molecule has 0 radical (unpaired) electrons. The van der Waals surface area contributed by atoms with Crippen molar-refractivity contribution in [1.82, 2.24) is 9.62 Å². The number of amides is 1. The number of carbonyl (C=O) groups excluding carboxylic acids is 1. The number of thiophene rings is 1. The fourth-order valence-corrected chi connectivity index (χ4v) is 4.70. The van der Waals surface area contributed by atoms with Crippen LogP contribution >= 0.6 is 11.3 Å². The first-order chi connectivity index (χ1) is 10.3. The second-order valence-corrected chi connectivity index (χ2v) is 8.93. The number of morpholine rings is 1. The molecule has 0 unspecified atom stereocenters. The summed E-state index contributed by atoms with van der Waals surface area (Å²) >= 11 is 1.39. The predicted octanol–water partition coefficient (Wildman–Crippen LogP) is 1.23. The lowest BCUT2D eigenvalue weighted by molar-refractivity contribution is -0.0440. The van der Waals surface area contributed by atoms with Gasteiger partial charge in [0.1, 0.15) is 0 Å². The van der Waals surface area contributed by atoms with Crippen LogP contribution in [0.4, 0.5) is 0 Å². The number of nitrogens with one attached hydrogen (secondary N) is 1. The Hall–Kier alpha value is -0.960. The molecule has 1 amide bonds. The molecule has 1 fully saturated rings. The molecule has 1 aliphatic heterocycles. The van der Waals surface area contributed by atoms with Gasteiger partial charge in [-0.2, -0.15) is 4.31 Å². The van der Waals surface area contributed by atoms with Crippen LogP contribution in [0.5, 0.6) is 0 Å². The van der Waals surface area contributed by atoms with E-state index in [1.807, 2.05) is 26.8 Å². The summed E-state index contributed by atoms with van der Waals surface area (Å²) in [6.45, 7) is 6.48.